The highest BCUT2D eigenvalue weighted by Crippen LogP contribution is 2.31. The van der Waals surface area contributed by atoms with Crippen LogP contribution in [0.25, 0.3) is 27.8 Å². The van der Waals surface area contributed by atoms with Gasteiger partial charge in [0, 0.05) is 7.05 Å². The number of nitrogens with zero attached hydrogens (tertiary/aromatic N) is 3. The van der Waals surface area contributed by atoms with Crippen molar-refractivity contribution in [3.63, 3.8) is 0 Å². The van der Waals surface area contributed by atoms with Gasteiger partial charge in [-0.2, -0.15) is 18.4 Å². The monoisotopic (exact) mass is 393 g/mol. The Bertz CT molecular complexity index is 1340. The van der Waals surface area contributed by atoms with E-state index in [2.05, 4.69) is 6.07 Å². The summed E-state index contributed by atoms with van der Waals surface area (Å²) >= 11 is 0. The van der Waals surface area contributed by atoms with Gasteiger partial charge in [0.15, 0.2) is 0 Å². The molecule has 0 aliphatic carbocycles. The van der Waals surface area contributed by atoms with E-state index in [0.29, 0.717) is 16.6 Å². The molecule has 4 rings (SSSR count). The van der Waals surface area contributed by atoms with Crippen LogP contribution in [0.4, 0.5) is 13.2 Å². The van der Waals surface area contributed by atoms with E-state index in [1.165, 1.54) is 21.3 Å². The van der Waals surface area contributed by atoms with E-state index in [9.17, 15) is 23.2 Å². The lowest BCUT2D eigenvalue weighted by atomic mass is 10.00. The van der Waals surface area contributed by atoms with Crippen molar-refractivity contribution < 1.29 is 13.2 Å². The number of aryl methyl sites for hydroxylation is 1. The summed E-state index contributed by atoms with van der Waals surface area (Å²) in [7, 11) is 1.56. The van der Waals surface area contributed by atoms with Crippen LogP contribution < -0.4 is 5.69 Å². The van der Waals surface area contributed by atoms with E-state index >= 15 is 0 Å². The molecular weight excluding hydrogens is 379 g/mol. The average molecular weight is 393 g/mol. The number of nitriles is 1. The van der Waals surface area contributed by atoms with Crippen LogP contribution in [0.2, 0.25) is 0 Å². The molecule has 0 saturated heterocycles. The van der Waals surface area contributed by atoms with Crippen LogP contribution in [-0.4, -0.2) is 9.13 Å². The Morgan fingerprint density at radius 3 is 2.41 bits per heavy atom. The molecule has 0 atom stereocenters. The number of rotatable bonds is 2. The molecule has 7 heteroatoms. The molecule has 4 nitrogen and oxygen atoms in total. The fourth-order valence-electron chi connectivity index (χ4n) is 3.41. The molecule has 3 aromatic carbocycles. The SMILES string of the molecule is Cn1c(=O)n(-c2cccc(C(F)(F)F)c2)c2ccc(-c3ccccc3C#N)cc21. The van der Waals surface area contributed by atoms with Crippen LogP contribution >= 0.6 is 0 Å². The predicted octanol–water partition coefficient (Wildman–Crippen LogP) is 4.89. The first-order chi connectivity index (χ1) is 13.8. The molecule has 1 heterocycles. The van der Waals surface area contributed by atoms with Crippen LogP contribution in [-0.2, 0) is 13.2 Å². The van der Waals surface area contributed by atoms with Gasteiger partial charge >= 0.3 is 11.9 Å². The van der Waals surface area contributed by atoms with Gasteiger partial charge in [0.25, 0.3) is 0 Å². The van der Waals surface area contributed by atoms with Crippen molar-refractivity contribution in [2.24, 2.45) is 7.05 Å². The normalized spacial score (nSPS) is 11.6. The Morgan fingerprint density at radius 1 is 0.931 bits per heavy atom. The number of aromatic nitrogens is 2. The van der Waals surface area contributed by atoms with Gasteiger partial charge in [-0.15, -0.1) is 0 Å². The van der Waals surface area contributed by atoms with Crippen LogP contribution in [0.5, 0.6) is 0 Å². The first-order valence-electron chi connectivity index (χ1n) is 8.70. The molecular formula is C22H14F3N3O. The second kappa shape index (κ2) is 6.67. The quantitative estimate of drug-likeness (QED) is 0.487. The van der Waals surface area contributed by atoms with Crippen molar-refractivity contribution >= 4 is 11.0 Å². The number of benzene rings is 3. The second-order valence-electron chi connectivity index (χ2n) is 6.59. The average Bonchev–Trinajstić information content (AvgIpc) is 2.97. The summed E-state index contributed by atoms with van der Waals surface area (Å²) in [6, 6.07) is 19.1. The molecule has 0 N–H and O–H groups in total. The Morgan fingerprint density at radius 2 is 1.69 bits per heavy atom. The summed E-state index contributed by atoms with van der Waals surface area (Å²) in [6.45, 7) is 0. The fraction of sp³-hybridized carbons (Fsp3) is 0.0909. The number of hydrogen-bond acceptors (Lipinski definition) is 2. The lowest BCUT2D eigenvalue weighted by Gasteiger charge is -2.10. The third kappa shape index (κ3) is 3.09. The van der Waals surface area contributed by atoms with Crippen molar-refractivity contribution in [2.45, 2.75) is 6.18 Å². The highest BCUT2D eigenvalue weighted by Gasteiger charge is 2.30. The fourth-order valence-corrected chi connectivity index (χ4v) is 3.41. The maximum atomic E-state index is 13.1. The van der Waals surface area contributed by atoms with Crippen molar-refractivity contribution in [3.8, 4) is 22.9 Å². The summed E-state index contributed by atoms with van der Waals surface area (Å²) in [5.41, 5.74) is 1.86. The zero-order chi connectivity index (χ0) is 20.8. The summed E-state index contributed by atoms with van der Waals surface area (Å²) in [5, 5.41) is 9.34. The molecule has 0 amide bonds. The first-order valence-corrected chi connectivity index (χ1v) is 8.70. The summed E-state index contributed by atoms with van der Waals surface area (Å²) < 4.78 is 41.9. The smallest absolute Gasteiger partial charge is 0.295 e. The summed E-state index contributed by atoms with van der Waals surface area (Å²) in [6.07, 6.45) is -4.50. The van der Waals surface area contributed by atoms with Gasteiger partial charge in [0.1, 0.15) is 0 Å². The van der Waals surface area contributed by atoms with E-state index in [0.717, 1.165) is 23.3 Å². The van der Waals surface area contributed by atoms with Crippen molar-refractivity contribution in [1.29, 1.82) is 5.26 Å². The van der Waals surface area contributed by atoms with Gasteiger partial charge in [-0.25, -0.2) is 4.79 Å². The van der Waals surface area contributed by atoms with Crippen LogP contribution in [0.15, 0.2) is 71.5 Å². The molecule has 0 aliphatic rings. The molecule has 0 bridgehead atoms. The number of halogens is 3. The van der Waals surface area contributed by atoms with Gasteiger partial charge in [0.05, 0.1) is 33.9 Å². The van der Waals surface area contributed by atoms with Gasteiger partial charge < -0.3 is 0 Å². The van der Waals surface area contributed by atoms with Crippen LogP contribution in [0, 0.1) is 11.3 Å². The maximum absolute atomic E-state index is 13.1. The van der Waals surface area contributed by atoms with Gasteiger partial charge in [-0.3, -0.25) is 9.13 Å². The molecule has 0 aliphatic heterocycles. The third-order valence-electron chi connectivity index (χ3n) is 4.85. The minimum atomic E-state index is -4.50. The number of alkyl halides is 3. The van der Waals surface area contributed by atoms with Gasteiger partial charge in [0.2, 0.25) is 0 Å². The van der Waals surface area contributed by atoms with Gasteiger partial charge in [-0.05, 0) is 47.5 Å². The van der Waals surface area contributed by atoms with E-state index in [4.69, 9.17) is 0 Å². The highest BCUT2D eigenvalue weighted by molar-refractivity contribution is 5.85. The highest BCUT2D eigenvalue weighted by atomic mass is 19.4. The zero-order valence-corrected chi connectivity index (χ0v) is 15.2. The van der Waals surface area contributed by atoms with Crippen molar-refractivity contribution in [2.75, 3.05) is 0 Å². The standard InChI is InChI=1S/C22H14F3N3O/c1-27-20-11-14(18-8-3-2-5-15(18)13-26)9-10-19(20)28(21(27)29)17-7-4-6-16(12-17)22(23,24)25/h2-12H,1H3. The Hall–Kier alpha value is -3.79. The minimum absolute atomic E-state index is 0.139. The molecule has 29 heavy (non-hydrogen) atoms. The van der Waals surface area contributed by atoms with Crippen LogP contribution in [0.3, 0.4) is 0 Å². The second-order valence-corrected chi connectivity index (χ2v) is 6.59. The Balaban J connectivity index is 1.94. The molecule has 1 aromatic heterocycles. The summed E-state index contributed by atoms with van der Waals surface area (Å²) in [5.74, 6) is 0. The number of imidazole rings is 1. The molecule has 144 valence electrons. The largest absolute Gasteiger partial charge is 0.416 e. The molecule has 4 aromatic rings. The first kappa shape index (κ1) is 18.6. The lowest BCUT2D eigenvalue weighted by molar-refractivity contribution is -0.137. The van der Waals surface area contributed by atoms with E-state index in [1.807, 2.05) is 12.1 Å². The minimum Gasteiger partial charge on any atom is -0.295 e. The number of hydrogen-bond donors (Lipinski definition) is 0. The molecule has 0 fully saturated rings. The predicted molar refractivity (Wildman–Crippen MR) is 104 cm³/mol. The zero-order valence-electron chi connectivity index (χ0n) is 15.2. The Labute approximate surface area is 163 Å². The maximum Gasteiger partial charge on any atom is 0.416 e. The summed E-state index contributed by atoms with van der Waals surface area (Å²) in [4.78, 5) is 12.8. The molecule has 0 unspecified atom stereocenters. The third-order valence-corrected chi connectivity index (χ3v) is 4.85. The molecule has 0 saturated carbocycles. The molecule has 0 radical (unpaired) electrons. The Kier molecular flexibility index (Phi) is 4.27. The number of fused-ring (bicyclic) bond motifs is 1. The van der Waals surface area contributed by atoms with Gasteiger partial charge in [-0.1, -0.05) is 30.3 Å². The molecule has 0 spiro atoms. The van der Waals surface area contributed by atoms with E-state index in [1.54, 1.807) is 37.4 Å². The van der Waals surface area contributed by atoms with Crippen LogP contribution in [0.1, 0.15) is 11.1 Å². The van der Waals surface area contributed by atoms with Crippen molar-refractivity contribution in [3.05, 3.63) is 88.3 Å². The topological polar surface area (TPSA) is 50.7 Å². The van der Waals surface area contributed by atoms with Crippen molar-refractivity contribution in [1.82, 2.24) is 9.13 Å². The lowest BCUT2D eigenvalue weighted by Crippen LogP contribution is -2.21. The van der Waals surface area contributed by atoms with E-state index in [-0.39, 0.29) is 5.69 Å². The van der Waals surface area contributed by atoms with E-state index < -0.39 is 17.4 Å².